The first-order valence-electron chi connectivity index (χ1n) is 7.07. The molecule has 0 saturated heterocycles. The van der Waals surface area contributed by atoms with Gasteiger partial charge in [-0.3, -0.25) is 4.79 Å². The fourth-order valence-corrected chi connectivity index (χ4v) is 2.14. The SMILES string of the molecule is Cc1ccc(N[C@H](C)C(=O)Nc2ccc(F)c(F)c2F)c(C)c1. The van der Waals surface area contributed by atoms with Crippen LogP contribution in [0, 0.1) is 31.3 Å². The fourth-order valence-electron chi connectivity index (χ4n) is 2.14. The van der Waals surface area contributed by atoms with Crippen LogP contribution in [0.1, 0.15) is 18.1 Å². The lowest BCUT2D eigenvalue weighted by Gasteiger charge is -2.17. The summed E-state index contributed by atoms with van der Waals surface area (Å²) in [4.78, 5) is 12.1. The van der Waals surface area contributed by atoms with E-state index in [2.05, 4.69) is 10.6 Å². The van der Waals surface area contributed by atoms with Gasteiger partial charge in [0.1, 0.15) is 6.04 Å². The molecule has 2 rings (SSSR count). The molecule has 1 atom stereocenters. The summed E-state index contributed by atoms with van der Waals surface area (Å²) in [5, 5.41) is 5.25. The highest BCUT2D eigenvalue weighted by molar-refractivity contribution is 5.96. The van der Waals surface area contributed by atoms with Gasteiger partial charge in [-0.1, -0.05) is 17.7 Å². The Morgan fingerprint density at radius 3 is 2.30 bits per heavy atom. The van der Waals surface area contributed by atoms with Crippen LogP contribution in [0.3, 0.4) is 0 Å². The monoisotopic (exact) mass is 322 g/mol. The van der Waals surface area contributed by atoms with Gasteiger partial charge in [-0.25, -0.2) is 13.2 Å². The summed E-state index contributed by atoms with van der Waals surface area (Å²) in [5.74, 6) is -4.90. The zero-order valence-electron chi connectivity index (χ0n) is 13.0. The first kappa shape index (κ1) is 16.9. The zero-order valence-corrected chi connectivity index (χ0v) is 13.0. The summed E-state index contributed by atoms with van der Waals surface area (Å²) in [6.07, 6.45) is 0. The Morgan fingerprint density at radius 1 is 1.00 bits per heavy atom. The summed E-state index contributed by atoms with van der Waals surface area (Å²) < 4.78 is 39.6. The van der Waals surface area contributed by atoms with Crippen molar-refractivity contribution in [3.63, 3.8) is 0 Å². The topological polar surface area (TPSA) is 41.1 Å². The molecule has 0 aliphatic carbocycles. The number of nitrogens with one attached hydrogen (secondary N) is 2. The van der Waals surface area contributed by atoms with E-state index < -0.39 is 35.1 Å². The molecule has 23 heavy (non-hydrogen) atoms. The second-order valence-electron chi connectivity index (χ2n) is 5.40. The number of carbonyl (C=O) groups is 1. The molecule has 0 bridgehead atoms. The van der Waals surface area contributed by atoms with Crippen LogP contribution in [-0.2, 0) is 4.79 Å². The molecule has 6 heteroatoms. The minimum absolute atomic E-state index is 0.400. The van der Waals surface area contributed by atoms with Crippen molar-refractivity contribution >= 4 is 17.3 Å². The first-order chi connectivity index (χ1) is 10.8. The Kier molecular flexibility index (Phi) is 4.93. The molecule has 2 N–H and O–H groups in total. The molecule has 2 aromatic rings. The molecular weight excluding hydrogens is 305 g/mol. The smallest absolute Gasteiger partial charge is 0.246 e. The van der Waals surface area contributed by atoms with Crippen molar-refractivity contribution in [3.05, 3.63) is 58.9 Å². The van der Waals surface area contributed by atoms with Crippen LogP contribution in [0.25, 0.3) is 0 Å². The normalized spacial score (nSPS) is 11.9. The number of halogens is 3. The standard InChI is InChI=1S/C17H17F3N2O/c1-9-4-6-13(10(2)8-9)21-11(3)17(23)22-14-7-5-12(18)15(19)16(14)20/h4-8,11,21H,1-3H3,(H,22,23)/t11-/m1/s1. The van der Waals surface area contributed by atoms with Crippen LogP contribution in [0.15, 0.2) is 30.3 Å². The van der Waals surface area contributed by atoms with E-state index in [1.54, 1.807) is 6.92 Å². The maximum absolute atomic E-state index is 13.6. The Morgan fingerprint density at radius 2 is 1.65 bits per heavy atom. The molecule has 0 spiro atoms. The highest BCUT2D eigenvalue weighted by atomic mass is 19.2. The van der Waals surface area contributed by atoms with Gasteiger partial charge >= 0.3 is 0 Å². The van der Waals surface area contributed by atoms with E-state index in [1.807, 2.05) is 32.0 Å². The Bertz CT molecular complexity index is 747. The van der Waals surface area contributed by atoms with Gasteiger partial charge in [0, 0.05) is 5.69 Å². The van der Waals surface area contributed by atoms with Crippen LogP contribution >= 0.6 is 0 Å². The molecule has 0 heterocycles. The number of aryl methyl sites for hydroxylation is 2. The maximum atomic E-state index is 13.6. The lowest BCUT2D eigenvalue weighted by atomic mass is 10.1. The maximum Gasteiger partial charge on any atom is 0.246 e. The highest BCUT2D eigenvalue weighted by Crippen LogP contribution is 2.21. The predicted molar refractivity (Wildman–Crippen MR) is 83.9 cm³/mol. The Hall–Kier alpha value is -2.50. The second-order valence-corrected chi connectivity index (χ2v) is 5.40. The van der Waals surface area contributed by atoms with Gasteiger partial charge in [0.2, 0.25) is 5.91 Å². The van der Waals surface area contributed by atoms with E-state index in [1.165, 1.54) is 0 Å². The highest BCUT2D eigenvalue weighted by Gasteiger charge is 2.18. The summed E-state index contributed by atoms with van der Waals surface area (Å²) >= 11 is 0. The molecule has 0 radical (unpaired) electrons. The lowest BCUT2D eigenvalue weighted by Crippen LogP contribution is -2.32. The Labute approximate surface area is 132 Å². The molecule has 122 valence electrons. The van der Waals surface area contributed by atoms with Crippen molar-refractivity contribution in [2.24, 2.45) is 0 Å². The zero-order chi connectivity index (χ0) is 17.1. The van der Waals surface area contributed by atoms with E-state index in [0.29, 0.717) is 0 Å². The van der Waals surface area contributed by atoms with Gasteiger partial charge in [-0.05, 0) is 44.5 Å². The fraction of sp³-hybridized carbons (Fsp3) is 0.235. The number of amides is 1. The van der Waals surface area contributed by atoms with Crippen LogP contribution in [0.5, 0.6) is 0 Å². The number of carbonyl (C=O) groups excluding carboxylic acids is 1. The van der Waals surface area contributed by atoms with Gasteiger partial charge in [0.25, 0.3) is 0 Å². The number of rotatable bonds is 4. The molecule has 0 saturated carbocycles. The minimum Gasteiger partial charge on any atom is -0.374 e. The second kappa shape index (κ2) is 6.73. The van der Waals surface area contributed by atoms with Crippen LogP contribution in [0.4, 0.5) is 24.5 Å². The molecule has 3 nitrogen and oxygen atoms in total. The average Bonchev–Trinajstić information content (AvgIpc) is 2.50. The summed E-state index contributed by atoms with van der Waals surface area (Å²) in [7, 11) is 0. The number of anilines is 2. The van der Waals surface area contributed by atoms with Crippen molar-refractivity contribution in [1.29, 1.82) is 0 Å². The average molecular weight is 322 g/mol. The largest absolute Gasteiger partial charge is 0.374 e. The molecule has 1 amide bonds. The summed E-state index contributed by atoms with van der Waals surface area (Å²) in [6, 6.07) is 6.75. The number of hydrogen-bond acceptors (Lipinski definition) is 2. The lowest BCUT2D eigenvalue weighted by molar-refractivity contribution is -0.116. The molecular formula is C17H17F3N2O. The van der Waals surface area contributed by atoms with E-state index in [4.69, 9.17) is 0 Å². The van der Waals surface area contributed by atoms with Crippen molar-refractivity contribution in [3.8, 4) is 0 Å². The first-order valence-corrected chi connectivity index (χ1v) is 7.07. The van der Waals surface area contributed by atoms with Gasteiger partial charge in [0.05, 0.1) is 5.69 Å². The predicted octanol–water partition coefficient (Wildman–Crippen LogP) is 4.16. The Balaban J connectivity index is 2.10. The van der Waals surface area contributed by atoms with Crippen molar-refractivity contribution in [2.45, 2.75) is 26.8 Å². The van der Waals surface area contributed by atoms with E-state index in [9.17, 15) is 18.0 Å². The summed E-state index contributed by atoms with van der Waals surface area (Å²) in [6.45, 7) is 5.44. The number of hydrogen-bond donors (Lipinski definition) is 2. The van der Waals surface area contributed by atoms with E-state index in [-0.39, 0.29) is 0 Å². The molecule has 0 aliphatic rings. The van der Waals surface area contributed by atoms with Crippen LogP contribution in [-0.4, -0.2) is 11.9 Å². The third kappa shape index (κ3) is 3.83. The van der Waals surface area contributed by atoms with E-state index >= 15 is 0 Å². The third-order valence-corrected chi connectivity index (χ3v) is 3.44. The summed E-state index contributed by atoms with van der Waals surface area (Å²) in [5.41, 5.74) is 2.42. The quantitative estimate of drug-likeness (QED) is 0.830. The van der Waals surface area contributed by atoms with E-state index in [0.717, 1.165) is 28.9 Å². The van der Waals surface area contributed by atoms with Crippen molar-refractivity contribution in [1.82, 2.24) is 0 Å². The molecule has 0 aliphatic heterocycles. The van der Waals surface area contributed by atoms with Crippen molar-refractivity contribution < 1.29 is 18.0 Å². The van der Waals surface area contributed by atoms with Crippen LogP contribution < -0.4 is 10.6 Å². The molecule has 0 unspecified atom stereocenters. The number of benzene rings is 2. The van der Waals surface area contributed by atoms with Crippen LogP contribution in [0.2, 0.25) is 0 Å². The third-order valence-electron chi connectivity index (χ3n) is 3.44. The molecule has 0 aromatic heterocycles. The minimum atomic E-state index is -1.61. The van der Waals surface area contributed by atoms with Crippen molar-refractivity contribution in [2.75, 3.05) is 10.6 Å². The molecule has 0 fully saturated rings. The molecule has 2 aromatic carbocycles. The van der Waals surface area contributed by atoms with Gasteiger partial charge < -0.3 is 10.6 Å². The van der Waals surface area contributed by atoms with Gasteiger partial charge in [-0.15, -0.1) is 0 Å². The van der Waals surface area contributed by atoms with Gasteiger partial charge in [-0.2, -0.15) is 0 Å². The van der Waals surface area contributed by atoms with Gasteiger partial charge in [0.15, 0.2) is 17.5 Å².